The molecular formula is C17H23BrN2O2. The van der Waals surface area contributed by atoms with Crippen LogP contribution in [0.2, 0.25) is 0 Å². The lowest BCUT2D eigenvalue weighted by atomic mass is 9.95. The summed E-state index contributed by atoms with van der Waals surface area (Å²) in [4.78, 5) is 27.8. The first kappa shape index (κ1) is 17.0. The highest BCUT2D eigenvalue weighted by Crippen LogP contribution is 2.20. The maximum Gasteiger partial charge on any atom is 0.225 e. The molecule has 22 heavy (non-hydrogen) atoms. The van der Waals surface area contributed by atoms with Crippen molar-refractivity contribution in [3.63, 3.8) is 0 Å². The normalized spacial score (nSPS) is 15.7. The van der Waals surface area contributed by atoms with E-state index in [1.54, 1.807) is 19.0 Å². The SMILES string of the molecule is CN(C)C(=O)C1CCN(C(=O)CCc2cccc(Br)c2)CC1. The first-order chi connectivity index (χ1) is 10.5. The van der Waals surface area contributed by atoms with Gasteiger partial charge in [-0.05, 0) is 37.0 Å². The van der Waals surface area contributed by atoms with Gasteiger partial charge in [0.1, 0.15) is 0 Å². The number of rotatable bonds is 4. The number of carbonyl (C=O) groups excluding carboxylic acids is 2. The summed E-state index contributed by atoms with van der Waals surface area (Å²) >= 11 is 3.45. The molecule has 0 aromatic heterocycles. The van der Waals surface area contributed by atoms with Crippen molar-refractivity contribution in [2.24, 2.45) is 5.92 Å². The molecule has 0 spiro atoms. The zero-order valence-electron chi connectivity index (χ0n) is 13.2. The Morgan fingerprint density at radius 1 is 1.27 bits per heavy atom. The van der Waals surface area contributed by atoms with Gasteiger partial charge in [0, 0.05) is 44.0 Å². The smallest absolute Gasteiger partial charge is 0.225 e. The van der Waals surface area contributed by atoms with Gasteiger partial charge in [-0.3, -0.25) is 9.59 Å². The van der Waals surface area contributed by atoms with Gasteiger partial charge in [0.2, 0.25) is 11.8 Å². The van der Waals surface area contributed by atoms with Crippen LogP contribution in [0, 0.1) is 5.92 Å². The van der Waals surface area contributed by atoms with E-state index >= 15 is 0 Å². The lowest BCUT2D eigenvalue weighted by Crippen LogP contribution is -2.42. The van der Waals surface area contributed by atoms with Gasteiger partial charge in [-0.1, -0.05) is 28.1 Å². The van der Waals surface area contributed by atoms with Crippen LogP contribution in [-0.4, -0.2) is 48.8 Å². The number of benzene rings is 1. The molecule has 5 heteroatoms. The first-order valence-corrected chi connectivity index (χ1v) is 8.50. The second-order valence-electron chi connectivity index (χ2n) is 6.02. The van der Waals surface area contributed by atoms with Crippen molar-refractivity contribution in [2.75, 3.05) is 27.2 Å². The highest BCUT2D eigenvalue weighted by Gasteiger charge is 2.27. The number of piperidine rings is 1. The van der Waals surface area contributed by atoms with E-state index in [4.69, 9.17) is 0 Å². The molecule has 1 aliphatic heterocycles. The summed E-state index contributed by atoms with van der Waals surface area (Å²) in [5.74, 6) is 0.445. The summed E-state index contributed by atoms with van der Waals surface area (Å²) in [6.45, 7) is 1.39. The summed E-state index contributed by atoms with van der Waals surface area (Å²) in [7, 11) is 3.58. The number of halogens is 1. The molecule has 0 unspecified atom stereocenters. The van der Waals surface area contributed by atoms with Crippen LogP contribution in [0.5, 0.6) is 0 Å². The van der Waals surface area contributed by atoms with Crippen molar-refractivity contribution in [1.29, 1.82) is 0 Å². The lowest BCUT2D eigenvalue weighted by Gasteiger charge is -2.32. The maximum atomic E-state index is 12.3. The number of hydrogen-bond donors (Lipinski definition) is 0. The monoisotopic (exact) mass is 366 g/mol. The Morgan fingerprint density at radius 2 is 1.95 bits per heavy atom. The molecule has 0 bridgehead atoms. The largest absolute Gasteiger partial charge is 0.349 e. The Hall–Kier alpha value is -1.36. The molecule has 0 N–H and O–H groups in total. The third kappa shape index (κ3) is 4.57. The van der Waals surface area contributed by atoms with E-state index in [1.807, 2.05) is 23.1 Å². The Morgan fingerprint density at radius 3 is 2.55 bits per heavy atom. The summed E-state index contributed by atoms with van der Waals surface area (Å²) in [5, 5.41) is 0. The van der Waals surface area contributed by atoms with Gasteiger partial charge < -0.3 is 9.80 Å². The van der Waals surface area contributed by atoms with Crippen molar-refractivity contribution in [3.8, 4) is 0 Å². The molecule has 1 aromatic carbocycles. The molecule has 1 aromatic rings. The van der Waals surface area contributed by atoms with E-state index in [2.05, 4.69) is 22.0 Å². The van der Waals surface area contributed by atoms with Gasteiger partial charge in [-0.25, -0.2) is 0 Å². The van der Waals surface area contributed by atoms with Crippen molar-refractivity contribution >= 4 is 27.7 Å². The summed E-state index contributed by atoms with van der Waals surface area (Å²) in [6.07, 6.45) is 2.84. The number of nitrogens with zero attached hydrogens (tertiary/aromatic N) is 2. The molecule has 1 fully saturated rings. The maximum absolute atomic E-state index is 12.3. The van der Waals surface area contributed by atoms with E-state index < -0.39 is 0 Å². The Labute approximate surface area is 140 Å². The highest BCUT2D eigenvalue weighted by molar-refractivity contribution is 9.10. The van der Waals surface area contributed by atoms with Crippen LogP contribution in [0.25, 0.3) is 0 Å². The minimum atomic E-state index is 0.0733. The number of carbonyl (C=O) groups is 2. The average Bonchev–Trinajstić information content (AvgIpc) is 2.52. The zero-order chi connectivity index (χ0) is 16.1. The van der Waals surface area contributed by atoms with Crippen LogP contribution in [0.3, 0.4) is 0 Å². The number of aryl methyl sites for hydroxylation is 1. The Kier molecular flexibility index (Phi) is 6.00. The molecular weight excluding hydrogens is 344 g/mol. The second kappa shape index (κ2) is 7.77. The van der Waals surface area contributed by atoms with E-state index in [1.165, 1.54) is 5.56 Å². The van der Waals surface area contributed by atoms with Gasteiger partial charge in [0.25, 0.3) is 0 Å². The topological polar surface area (TPSA) is 40.6 Å². The molecule has 2 rings (SSSR count). The fourth-order valence-corrected chi connectivity index (χ4v) is 3.29. The predicted octanol–water partition coefficient (Wildman–Crippen LogP) is 2.71. The van der Waals surface area contributed by atoms with Crippen molar-refractivity contribution < 1.29 is 9.59 Å². The predicted molar refractivity (Wildman–Crippen MR) is 90.5 cm³/mol. The number of hydrogen-bond acceptors (Lipinski definition) is 2. The summed E-state index contributed by atoms with van der Waals surface area (Å²) < 4.78 is 1.04. The van der Waals surface area contributed by atoms with Crippen LogP contribution >= 0.6 is 15.9 Å². The van der Waals surface area contributed by atoms with Crippen LogP contribution < -0.4 is 0 Å². The van der Waals surface area contributed by atoms with Gasteiger partial charge in [0.15, 0.2) is 0 Å². The van der Waals surface area contributed by atoms with Gasteiger partial charge in [-0.2, -0.15) is 0 Å². The second-order valence-corrected chi connectivity index (χ2v) is 6.93. The van der Waals surface area contributed by atoms with Crippen molar-refractivity contribution in [1.82, 2.24) is 9.80 Å². The van der Waals surface area contributed by atoms with E-state index in [-0.39, 0.29) is 17.7 Å². The Balaban J connectivity index is 1.79. The van der Waals surface area contributed by atoms with Gasteiger partial charge >= 0.3 is 0 Å². The average molecular weight is 367 g/mol. The van der Waals surface area contributed by atoms with Gasteiger partial charge in [0.05, 0.1) is 0 Å². The lowest BCUT2D eigenvalue weighted by molar-refractivity contribution is -0.139. The molecule has 0 atom stereocenters. The van der Waals surface area contributed by atoms with E-state index in [9.17, 15) is 9.59 Å². The molecule has 0 saturated carbocycles. The van der Waals surface area contributed by atoms with Crippen LogP contribution in [-0.2, 0) is 16.0 Å². The molecule has 1 aliphatic rings. The standard InChI is InChI=1S/C17H23BrN2O2/c1-19(2)17(22)14-8-10-20(11-9-14)16(21)7-6-13-4-3-5-15(18)12-13/h3-5,12,14H,6-11H2,1-2H3. The van der Waals surface area contributed by atoms with Crippen LogP contribution in [0.1, 0.15) is 24.8 Å². The summed E-state index contributed by atoms with van der Waals surface area (Å²) in [5.41, 5.74) is 1.17. The number of likely N-dealkylation sites (tertiary alicyclic amines) is 1. The van der Waals surface area contributed by atoms with Crippen LogP contribution in [0.15, 0.2) is 28.7 Å². The zero-order valence-corrected chi connectivity index (χ0v) is 14.8. The molecule has 0 radical (unpaired) electrons. The molecule has 1 saturated heterocycles. The van der Waals surface area contributed by atoms with Crippen molar-refractivity contribution in [2.45, 2.75) is 25.7 Å². The van der Waals surface area contributed by atoms with Crippen molar-refractivity contribution in [3.05, 3.63) is 34.3 Å². The molecule has 2 amide bonds. The minimum absolute atomic E-state index is 0.0733. The van der Waals surface area contributed by atoms with E-state index in [0.717, 1.165) is 23.7 Å². The third-order valence-corrected chi connectivity index (χ3v) is 4.65. The minimum Gasteiger partial charge on any atom is -0.349 e. The highest BCUT2D eigenvalue weighted by atomic mass is 79.9. The fourth-order valence-electron chi connectivity index (χ4n) is 2.84. The number of amides is 2. The van der Waals surface area contributed by atoms with Crippen LogP contribution in [0.4, 0.5) is 0 Å². The summed E-state index contributed by atoms with van der Waals surface area (Å²) in [6, 6.07) is 8.06. The molecule has 120 valence electrons. The van der Waals surface area contributed by atoms with Gasteiger partial charge in [-0.15, -0.1) is 0 Å². The molecule has 1 heterocycles. The molecule has 0 aliphatic carbocycles. The molecule has 4 nitrogen and oxygen atoms in total. The van der Waals surface area contributed by atoms with E-state index in [0.29, 0.717) is 19.5 Å². The Bertz CT molecular complexity index is 537. The fraction of sp³-hybridized carbons (Fsp3) is 0.529. The quantitative estimate of drug-likeness (QED) is 0.821. The third-order valence-electron chi connectivity index (χ3n) is 4.15. The first-order valence-electron chi connectivity index (χ1n) is 7.70.